The molecular formula is C27H33N3O5. The van der Waals surface area contributed by atoms with Crippen molar-refractivity contribution < 1.29 is 24.2 Å². The van der Waals surface area contributed by atoms with Crippen molar-refractivity contribution in [3.8, 4) is 11.1 Å². The first-order valence-corrected chi connectivity index (χ1v) is 12.0. The molecule has 1 heterocycles. The number of aliphatic carboxylic acids is 1. The summed E-state index contributed by atoms with van der Waals surface area (Å²) in [7, 11) is 3.96. The van der Waals surface area contributed by atoms with Crippen molar-refractivity contribution in [2.24, 2.45) is 5.92 Å². The van der Waals surface area contributed by atoms with E-state index in [2.05, 4.69) is 29.3 Å². The number of ether oxygens (including phenoxy) is 1. The maximum Gasteiger partial charge on any atom is 0.407 e. The van der Waals surface area contributed by atoms with Crippen molar-refractivity contribution in [3.63, 3.8) is 0 Å². The number of likely N-dealkylation sites (N-methyl/N-ethyl adjacent to an activating group) is 1. The van der Waals surface area contributed by atoms with Crippen molar-refractivity contribution in [3.05, 3.63) is 59.7 Å². The Hall–Kier alpha value is -3.39. The summed E-state index contributed by atoms with van der Waals surface area (Å²) in [6.07, 6.45) is -0.928. The van der Waals surface area contributed by atoms with E-state index in [1.807, 2.05) is 50.5 Å². The van der Waals surface area contributed by atoms with Crippen molar-refractivity contribution in [1.82, 2.24) is 15.1 Å². The number of alkyl carbamates (subject to hydrolysis) is 1. The second-order valence-corrected chi connectivity index (χ2v) is 9.71. The van der Waals surface area contributed by atoms with E-state index < -0.39 is 18.1 Å². The summed E-state index contributed by atoms with van der Waals surface area (Å²) in [5.41, 5.74) is 4.46. The maximum absolute atomic E-state index is 13.2. The summed E-state index contributed by atoms with van der Waals surface area (Å²) >= 11 is 0. The molecule has 0 spiro atoms. The first-order valence-electron chi connectivity index (χ1n) is 12.0. The normalized spacial score (nSPS) is 19.8. The molecule has 1 aliphatic carbocycles. The number of benzene rings is 2. The SMILES string of the molecule is CC1CN(C(=O)C(CCC(=O)O)NC(=O)OCC2c3ccccc3-c3ccccc32)CC1N(C)C. The number of carboxylic acid groups (broad SMARTS) is 1. The molecule has 2 aliphatic rings. The molecule has 2 aromatic carbocycles. The highest BCUT2D eigenvalue weighted by Gasteiger charge is 2.37. The highest BCUT2D eigenvalue weighted by molar-refractivity contribution is 5.86. The van der Waals surface area contributed by atoms with Gasteiger partial charge in [0.05, 0.1) is 0 Å². The van der Waals surface area contributed by atoms with E-state index in [4.69, 9.17) is 9.84 Å². The maximum atomic E-state index is 13.2. The third-order valence-electron chi connectivity index (χ3n) is 7.13. The minimum Gasteiger partial charge on any atom is -0.481 e. The molecule has 35 heavy (non-hydrogen) atoms. The molecule has 1 aliphatic heterocycles. The second kappa shape index (κ2) is 10.5. The average molecular weight is 480 g/mol. The van der Waals surface area contributed by atoms with Gasteiger partial charge in [-0.3, -0.25) is 9.59 Å². The fraction of sp³-hybridized carbons (Fsp3) is 0.444. The largest absolute Gasteiger partial charge is 0.481 e. The van der Waals surface area contributed by atoms with Crippen LogP contribution in [0.25, 0.3) is 11.1 Å². The number of rotatable bonds is 8. The van der Waals surface area contributed by atoms with Gasteiger partial charge in [-0.1, -0.05) is 55.5 Å². The Kier molecular flexibility index (Phi) is 7.40. The second-order valence-electron chi connectivity index (χ2n) is 9.71. The zero-order chi connectivity index (χ0) is 25.1. The third kappa shape index (κ3) is 5.32. The third-order valence-corrected chi connectivity index (χ3v) is 7.13. The van der Waals surface area contributed by atoms with Crippen molar-refractivity contribution >= 4 is 18.0 Å². The molecule has 8 heteroatoms. The predicted molar refractivity (Wildman–Crippen MR) is 132 cm³/mol. The lowest BCUT2D eigenvalue weighted by Crippen LogP contribution is -2.49. The van der Waals surface area contributed by atoms with E-state index in [0.717, 1.165) is 22.3 Å². The Morgan fingerprint density at radius 1 is 1.06 bits per heavy atom. The van der Waals surface area contributed by atoms with E-state index >= 15 is 0 Å². The topological polar surface area (TPSA) is 99.2 Å². The van der Waals surface area contributed by atoms with E-state index in [1.165, 1.54) is 0 Å². The number of likely N-dealkylation sites (tertiary alicyclic amines) is 1. The minimum absolute atomic E-state index is 0.00980. The molecule has 8 nitrogen and oxygen atoms in total. The fourth-order valence-corrected chi connectivity index (χ4v) is 5.33. The first kappa shape index (κ1) is 24.7. The molecule has 3 atom stereocenters. The Balaban J connectivity index is 1.42. The number of fused-ring (bicyclic) bond motifs is 3. The van der Waals surface area contributed by atoms with Crippen LogP contribution in [-0.2, 0) is 14.3 Å². The van der Waals surface area contributed by atoms with Crippen molar-refractivity contribution in [1.29, 1.82) is 0 Å². The summed E-state index contributed by atoms with van der Waals surface area (Å²) in [5, 5.41) is 11.8. The van der Waals surface area contributed by atoms with Gasteiger partial charge in [0.2, 0.25) is 5.91 Å². The van der Waals surface area contributed by atoms with Crippen molar-refractivity contribution in [2.45, 2.75) is 37.8 Å². The minimum atomic E-state index is -1.02. The van der Waals surface area contributed by atoms with Gasteiger partial charge in [-0.05, 0) is 48.7 Å². The predicted octanol–water partition coefficient (Wildman–Crippen LogP) is 3.17. The molecule has 0 saturated carbocycles. The number of nitrogens with one attached hydrogen (secondary N) is 1. The van der Waals surface area contributed by atoms with Gasteiger partial charge in [-0.15, -0.1) is 0 Å². The average Bonchev–Trinajstić information content (AvgIpc) is 3.38. The van der Waals surface area contributed by atoms with E-state index in [0.29, 0.717) is 13.1 Å². The number of hydrogen-bond acceptors (Lipinski definition) is 5. The molecule has 4 rings (SSSR count). The standard InChI is InChI=1S/C27H33N3O5/c1-17-14-30(15-24(17)29(2)3)26(33)23(12-13-25(31)32)28-27(34)35-16-22-20-10-6-4-8-18(20)19-9-5-7-11-21(19)22/h4-11,17,22-24H,12-16H2,1-3H3,(H,28,34)(H,31,32). The van der Waals surface area contributed by atoms with Crippen LogP contribution in [0.15, 0.2) is 48.5 Å². The van der Waals surface area contributed by atoms with Crippen molar-refractivity contribution in [2.75, 3.05) is 33.8 Å². The number of carboxylic acids is 1. The van der Waals surface area contributed by atoms with E-state index in [-0.39, 0.29) is 43.2 Å². The number of hydrogen-bond donors (Lipinski definition) is 2. The van der Waals surface area contributed by atoms with Gasteiger partial charge in [0, 0.05) is 31.5 Å². The Labute approximate surface area is 205 Å². The van der Waals surface area contributed by atoms with Gasteiger partial charge in [0.1, 0.15) is 12.6 Å². The summed E-state index contributed by atoms with van der Waals surface area (Å²) < 4.78 is 5.59. The molecule has 2 aromatic rings. The molecule has 186 valence electrons. The summed E-state index contributed by atoms with van der Waals surface area (Å²) in [6, 6.07) is 15.4. The lowest BCUT2D eigenvalue weighted by Gasteiger charge is -2.25. The van der Waals surface area contributed by atoms with Crippen LogP contribution >= 0.6 is 0 Å². The van der Waals surface area contributed by atoms with Crippen LogP contribution in [0.3, 0.4) is 0 Å². The van der Waals surface area contributed by atoms with Gasteiger partial charge in [-0.25, -0.2) is 4.79 Å². The molecule has 2 amide bonds. The van der Waals surface area contributed by atoms with Gasteiger partial charge in [-0.2, -0.15) is 0 Å². The van der Waals surface area contributed by atoms with Gasteiger partial charge in [0.25, 0.3) is 0 Å². The molecule has 1 saturated heterocycles. The quantitative estimate of drug-likeness (QED) is 0.604. The van der Waals surface area contributed by atoms with Gasteiger partial charge in [0.15, 0.2) is 0 Å². The van der Waals surface area contributed by atoms with Gasteiger partial charge >= 0.3 is 12.1 Å². The van der Waals surface area contributed by atoms with Crippen LogP contribution in [-0.4, -0.2) is 78.8 Å². The summed E-state index contributed by atoms with van der Waals surface area (Å²) in [4.78, 5) is 41.0. The van der Waals surface area contributed by atoms with Crippen LogP contribution < -0.4 is 5.32 Å². The molecule has 0 bridgehead atoms. The van der Waals surface area contributed by atoms with E-state index in [1.54, 1.807) is 4.90 Å². The molecular weight excluding hydrogens is 446 g/mol. The Bertz CT molecular complexity index is 1060. The smallest absolute Gasteiger partial charge is 0.407 e. The zero-order valence-electron chi connectivity index (χ0n) is 20.4. The monoisotopic (exact) mass is 479 g/mol. The Morgan fingerprint density at radius 3 is 2.20 bits per heavy atom. The van der Waals surface area contributed by atoms with Crippen LogP contribution in [0, 0.1) is 5.92 Å². The van der Waals surface area contributed by atoms with Gasteiger partial charge < -0.3 is 25.0 Å². The van der Waals surface area contributed by atoms with Crippen LogP contribution in [0.2, 0.25) is 0 Å². The highest BCUT2D eigenvalue weighted by atomic mass is 16.5. The number of carbonyl (C=O) groups is 3. The fourth-order valence-electron chi connectivity index (χ4n) is 5.33. The first-order chi connectivity index (χ1) is 16.8. The molecule has 2 N–H and O–H groups in total. The lowest BCUT2D eigenvalue weighted by atomic mass is 9.98. The molecule has 3 unspecified atom stereocenters. The number of carbonyl (C=O) groups excluding carboxylic acids is 2. The number of amides is 2. The van der Waals surface area contributed by atoms with Crippen LogP contribution in [0.5, 0.6) is 0 Å². The van der Waals surface area contributed by atoms with E-state index in [9.17, 15) is 14.4 Å². The highest BCUT2D eigenvalue weighted by Crippen LogP contribution is 2.44. The molecule has 1 fully saturated rings. The van der Waals surface area contributed by atoms with Crippen LogP contribution in [0.1, 0.15) is 36.8 Å². The number of nitrogens with zero attached hydrogens (tertiary/aromatic N) is 2. The Morgan fingerprint density at radius 2 is 1.66 bits per heavy atom. The molecule has 0 aromatic heterocycles. The molecule has 0 radical (unpaired) electrons. The lowest BCUT2D eigenvalue weighted by molar-refractivity contribution is -0.137. The zero-order valence-corrected chi connectivity index (χ0v) is 20.4. The summed E-state index contributed by atoms with van der Waals surface area (Å²) in [5.74, 6) is -1.10. The van der Waals surface area contributed by atoms with Crippen LogP contribution in [0.4, 0.5) is 4.79 Å². The summed E-state index contributed by atoms with van der Waals surface area (Å²) in [6.45, 7) is 3.33.